The Hall–Kier alpha value is -1.71. The number of primary amides is 1. The average molecular weight is 249 g/mol. The van der Waals surface area contributed by atoms with E-state index >= 15 is 0 Å². The monoisotopic (exact) mass is 249 g/mol. The van der Waals surface area contributed by atoms with Gasteiger partial charge in [-0.3, -0.25) is 4.79 Å². The summed E-state index contributed by atoms with van der Waals surface area (Å²) in [5.74, 6) is 0.801. The van der Waals surface area contributed by atoms with Gasteiger partial charge in [-0.1, -0.05) is 38.3 Å². The van der Waals surface area contributed by atoms with Gasteiger partial charge in [0.1, 0.15) is 0 Å². The molecule has 1 aliphatic heterocycles. The number of unbranched alkanes of at least 4 members (excludes halogenated alkanes) is 2. The Balaban J connectivity index is 2.20. The smallest absolute Gasteiger partial charge is 0.231 e. The lowest BCUT2D eigenvalue weighted by Gasteiger charge is -2.15. The van der Waals surface area contributed by atoms with E-state index in [1.807, 2.05) is 18.2 Å². The van der Waals surface area contributed by atoms with Crippen LogP contribution in [-0.4, -0.2) is 12.7 Å². The summed E-state index contributed by atoms with van der Waals surface area (Å²) in [5, 5.41) is 0. The van der Waals surface area contributed by atoms with Gasteiger partial charge in [0.05, 0.1) is 5.92 Å². The normalized spacial score (nSPS) is 14.5. The number of fused-ring (bicyclic) bond motifs is 1. The van der Waals surface area contributed by atoms with E-state index in [1.54, 1.807) is 0 Å². The van der Waals surface area contributed by atoms with E-state index in [2.05, 4.69) is 6.92 Å². The van der Waals surface area contributed by atoms with Crippen molar-refractivity contribution < 1.29 is 14.3 Å². The fourth-order valence-electron chi connectivity index (χ4n) is 2.28. The Morgan fingerprint density at radius 2 is 2.22 bits per heavy atom. The highest BCUT2D eigenvalue weighted by molar-refractivity contribution is 5.83. The zero-order chi connectivity index (χ0) is 13.0. The molecule has 0 aromatic heterocycles. The van der Waals surface area contributed by atoms with Crippen LogP contribution in [0.15, 0.2) is 18.2 Å². The molecule has 1 aliphatic rings. The minimum Gasteiger partial charge on any atom is -0.454 e. The summed E-state index contributed by atoms with van der Waals surface area (Å²) in [7, 11) is 0. The third-order valence-corrected chi connectivity index (χ3v) is 3.24. The molecule has 1 amide bonds. The number of hydrogen-bond acceptors (Lipinski definition) is 3. The number of nitrogens with two attached hydrogens (primary N) is 1. The van der Waals surface area contributed by atoms with E-state index in [1.165, 1.54) is 0 Å². The Kier molecular flexibility index (Phi) is 4.07. The molecule has 4 heteroatoms. The first kappa shape index (κ1) is 12.7. The quantitative estimate of drug-likeness (QED) is 0.788. The highest BCUT2D eigenvalue weighted by atomic mass is 16.7. The van der Waals surface area contributed by atoms with Gasteiger partial charge >= 0.3 is 0 Å². The molecule has 98 valence electrons. The van der Waals surface area contributed by atoms with E-state index in [9.17, 15) is 4.79 Å². The van der Waals surface area contributed by atoms with Crippen LogP contribution < -0.4 is 15.2 Å². The van der Waals surface area contributed by atoms with Crippen LogP contribution in [-0.2, 0) is 4.79 Å². The molecular formula is C14H19NO3. The minimum absolute atomic E-state index is 0.215. The molecule has 1 heterocycles. The number of rotatable bonds is 6. The highest BCUT2D eigenvalue weighted by Crippen LogP contribution is 2.40. The lowest BCUT2D eigenvalue weighted by atomic mass is 9.91. The molecule has 0 aliphatic carbocycles. The second-order valence-corrected chi connectivity index (χ2v) is 4.53. The van der Waals surface area contributed by atoms with Crippen LogP contribution >= 0.6 is 0 Å². The van der Waals surface area contributed by atoms with Crippen molar-refractivity contribution in [3.63, 3.8) is 0 Å². The lowest BCUT2D eigenvalue weighted by molar-refractivity contribution is -0.119. The third kappa shape index (κ3) is 2.58. The van der Waals surface area contributed by atoms with Gasteiger partial charge in [-0.15, -0.1) is 0 Å². The fraction of sp³-hybridized carbons (Fsp3) is 0.500. The molecule has 2 N–H and O–H groups in total. The zero-order valence-corrected chi connectivity index (χ0v) is 10.6. The molecule has 18 heavy (non-hydrogen) atoms. The molecule has 4 nitrogen and oxygen atoms in total. The van der Waals surface area contributed by atoms with Crippen molar-refractivity contribution in [3.8, 4) is 11.5 Å². The Bertz CT molecular complexity index is 431. The maximum absolute atomic E-state index is 11.6. The summed E-state index contributed by atoms with van der Waals surface area (Å²) in [4.78, 5) is 11.6. The van der Waals surface area contributed by atoms with Gasteiger partial charge in [0.25, 0.3) is 0 Å². The summed E-state index contributed by atoms with van der Waals surface area (Å²) in [6.07, 6.45) is 3.99. The molecule has 1 aromatic carbocycles. The Morgan fingerprint density at radius 1 is 1.39 bits per heavy atom. The Labute approximate surface area is 107 Å². The van der Waals surface area contributed by atoms with E-state index in [4.69, 9.17) is 15.2 Å². The van der Waals surface area contributed by atoms with E-state index < -0.39 is 0 Å². The number of para-hydroxylation sites is 1. The molecule has 2 rings (SSSR count). The van der Waals surface area contributed by atoms with Crippen LogP contribution in [0, 0.1) is 0 Å². The molecule has 0 saturated carbocycles. The Morgan fingerprint density at radius 3 is 2.94 bits per heavy atom. The van der Waals surface area contributed by atoms with Gasteiger partial charge in [-0.2, -0.15) is 0 Å². The number of hydrogen-bond donors (Lipinski definition) is 1. The number of carbonyl (C=O) groups is 1. The summed E-state index contributed by atoms with van der Waals surface area (Å²) in [6.45, 7) is 2.35. The second-order valence-electron chi connectivity index (χ2n) is 4.53. The summed E-state index contributed by atoms with van der Waals surface area (Å²) in [5.41, 5.74) is 6.36. The molecule has 0 saturated heterocycles. The third-order valence-electron chi connectivity index (χ3n) is 3.24. The number of benzene rings is 1. The molecule has 0 unspecified atom stereocenters. The SMILES string of the molecule is CCCCC[C@@H](C(N)=O)c1cccc2c1OCO2. The van der Waals surface area contributed by atoms with Gasteiger partial charge in [-0.05, 0) is 12.5 Å². The predicted octanol–water partition coefficient (Wildman–Crippen LogP) is 2.56. The first-order valence-corrected chi connectivity index (χ1v) is 6.42. The van der Waals surface area contributed by atoms with E-state index in [-0.39, 0.29) is 18.6 Å². The van der Waals surface area contributed by atoms with Crippen molar-refractivity contribution in [2.75, 3.05) is 6.79 Å². The lowest BCUT2D eigenvalue weighted by Crippen LogP contribution is -2.21. The molecule has 0 radical (unpaired) electrons. The minimum atomic E-state index is -0.296. The molecule has 1 aromatic rings. The fourth-order valence-corrected chi connectivity index (χ4v) is 2.28. The second kappa shape index (κ2) is 5.76. The van der Waals surface area contributed by atoms with Gasteiger partial charge in [0, 0.05) is 5.56 Å². The number of amides is 1. The van der Waals surface area contributed by atoms with E-state index in [0.29, 0.717) is 11.5 Å². The van der Waals surface area contributed by atoms with Crippen molar-refractivity contribution in [2.45, 2.75) is 38.5 Å². The van der Waals surface area contributed by atoms with Crippen LogP contribution in [0.1, 0.15) is 44.1 Å². The van der Waals surface area contributed by atoms with Crippen LogP contribution in [0.2, 0.25) is 0 Å². The molecule has 1 atom stereocenters. The van der Waals surface area contributed by atoms with Gasteiger partial charge < -0.3 is 15.2 Å². The van der Waals surface area contributed by atoms with Gasteiger partial charge in [0.2, 0.25) is 12.7 Å². The van der Waals surface area contributed by atoms with Crippen molar-refractivity contribution in [3.05, 3.63) is 23.8 Å². The topological polar surface area (TPSA) is 61.6 Å². The molecule has 0 bridgehead atoms. The van der Waals surface area contributed by atoms with Crippen LogP contribution in [0.4, 0.5) is 0 Å². The van der Waals surface area contributed by atoms with Crippen molar-refractivity contribution >= 4 is 5.91 Å². The largest absolute Gasteiger partial charge is 0.454 e. The van der Waals surface area contributed by atoms with Crippen molar-refractivity contribution in [1.29, 1.82) is 0 Å². The maximum Gasteiger partial charge on any atom is 0.231 e. The average Bonchev–Trinajstić information content (AvgIpc) is 2.82. The number of carbonyl (C=O) groups excluding carboxylic acids is 1. The number of ether oxygens (including phenoxy) is 2. The summed E-state index contributed by atoms with van der Waals surface area (Å²) in [6, 6.07) is 5.61. The zero-order valence-electron chi connectivity index (χ0n) is 10.6. The summed E-state index contributed by atoms with van der Waals surface area (Å²) < 4.78 is 10.8. The molecular weight excluding hydrogens is 230 g/mol. The first-order valence-electron chi connectivity index (χ1n) is 6.42. The van der Waals surface area contributed by atoms with Crippen molar-refractivity contribution in [1.82, 2.24) is 0 Å². The molecule has 0 spiro atoms. The maximum atomic E-state index is 11.6. The van der Waals surface area contributed by atoms with Crippen LogP contribution in [0.3, 0.4) is 0 Å². The first-order chi connectivity index (χ1) is 8.74. The molecule has 0 fully saturated rings. The van der Waals surface area contributed by atoms with Crippen LogP contribution in [0.5, 0.6) is 11.5 Å². The summed E-state index contributed by atoms with van der Waals surface area (Å²) >= 11 is 0. The predicted molar refractivity (Wildman–Crippen MR) is 68.6 cm³/mol. The van der Waals surface area contributed by atoms with Crippen molar-refractivity contribution in [2.24, 2.45) is 5.73 Å². The van der Waals surface area contributed by atoms with Crippen LogP contribution in [0.25, 0.3) is 0 Å². The standard InChI is InChI=1S/C14H19NO3/c1-2-3-4-6-11(14(15)16)10-7-5-8-12-13(10)18-9-17-12/h5,7-8,11H,2-4,6,9H2,1H3,(H2,15,16)/t11-/m1/s1. The van der Waals surface area contributed by atoms with Gasteiger partial charge in [-0.25, -0.2) is 0 Å². The van der Waals surface area contributed by atoms with E-state index in [0.717, 1.165) is 31.2 Å². The highest BCUT2D eigenvalue weighted by Gasteiger charge is 2.26. The van der Waals surface area contributed by atoms with Gasteiger partial charge in [0.15, 0.2) is 11.5 Å².